The molecule has 220 valence electrons. The van der Waals surface area contributed by atoms with Gasteiger partial charge in [-0.3, -0.25) is 0 Å². The van der Waals surface area contributed by atoms with Crippen molar-refractivity contribution in [2.75, 3.05) is 4.90 Å². The van der Waals surface area contributed by atoms with E-state index in [-0.39, 0.29) is 0 Å². The number of oxazole rings is 1. The lowest BCUT2D eigenvalue weighted by molar-refractivity contribution is 0.623. The largest absolute Gasteiger partial charge is 0.456 e. The summed E-state index contributed by atoms with van der Waals surface area (Å²) in [6.07, 6.45) is 0. The molecule has 0 N–H and O–H groups in total. The van der Waals surface area contributed by atoms with E-state index in [1.165, 1.54) is 21.9 Å². The first-order valence-corrected chi connectivity index (χ1v) is 15.8. The summed E-state index contributed by atoms with van der Waals surface area (Å²) in [7, 11) is 0. The number of hydrogen-bond donors (Lipinski definition) is 0. The molecule has 0 amide bonds. The van der Waals surface area contributed by atoms with E-state index in [0.29, 0.717) is 5.89 Å². The number of hydrogen-bond acceptors (Lipinski definition) is 4. The summed E-state index contributed by atoms with van der Waals surface area (Å²) in [5.41, 5.74) is 9.65. The van der Waals surface area contributed by atoms with Gasteiger partial charge in [-0.05, 0) is 76.5 Å². The number of fused-ring (bicyclic) bond motifs is 4. The molecule has 4 nitrogen and oxygen atoms in total. The van der Waals surface area contributed by atoms with Crippen LogP contribution in [0.15, 0.2) is 167 Å². The third-order valence-electron chi connectivity index (χ3n) is 9.21. The average Bonchev–Trinajstić information content (AvgIpc) is 3.76. The van der Waals surface area contributed by atoms with Gasteiger partial charge < -0.3 is 13.7 Å². The van der Waals surface area contributed by atoms with Crippen LogP contribution < -0.4 is 4.90 Å². The first-order valence-electron chi connectivity index (χ1n) is 15.8. The Morgan fingerprint density at radius 3 is 1.96 bits per heavy atom. The minimum Gasteiger partial charge on any atom is -0.456 e. The van der Waals surface area contributed by atoms with E-state index in [4.69, 9.17) is 13.8 Å². The normalized spacial score (nSPS) is 11.8. The molecule has 2 aromatic heterocycles. The zero-order chi connectivity index (χ0) is 30.9. The summed E-state index contributed by atoms with van der Waals surface area (Å²) in [5, 5.41) is 6.63. The van der Waals surface area contributed by atoms with Gasteiger partial charge in [-0.1, -0.05) is 97.1 Å². The molecule has 47 heavy (non-hydrogen) atoms. The van der Waals surface area contributed by atoms with Crippen molar-refractivity contribution in [2.45, 2.75) is 0 Å². The van der Waals surface area contributed by atoms with E-state index in [1.807, 2.05) is 48.5 Å². The zero-order valence-electron chi connectivity index (χ0n) is 25.2. The van der Waals surface area contributed by atoms with Gasteiger partial charge in [-0.25, -0.2) is 4.98 Å². The Morgan fingerprint density at radius 2 is 1.13 bits per heavy atom. The number of anilines is 3. The van der Waals surface area contributed by atoms with Crippen molar-refractivity contribution in [3.63, 3.8) is 0 Å². The van der Waals surface area contributed by atoms with Crippen LogP contribution in [0.2, 0.25) is 0 Å². The molecule has 8 aromatic carbocycles. The topological polar surface area (TPSA) is 42.4 Å². The van der Waals surface area contributed by atoms with Gasteiger partial charge in [0.05, 0.1) is 5.69 Å². The van der Waals surface area contributed by atoms with Gasteiger partial charge in [0.15, 0.2) is 5.58 Å². The van der Waals surface area contributed by atoms with E-state index in [9.17, 15) is 0 Å². The maximum atomic E-state index is 6.55. The quantitative estimate of drug-likeness (QED) is 0.184. The first kappa shape index (κ1) is 25.9. The molecule has 0 saturated heterocycles. The Balaban J connectivity index is 1.18. The molecule has 0 saturated carbocycles. The van der Waals surface area contributed by atoms with Crippen molar-refractivity contribution < 1.29 is 8.83 Å². The lowest BCUT2D eigenvalue weighted by Crippen LogP contribution is -2.09. The molecule has 10 aromatic rings. The molecule has 0 fully saturated rings. The first-order chi connectivity index (χ1) is 23.3. The molecule has 0 bridgehead atoms. The van der Waals surface area contributed by atoms with Crippen LogP contribution in [0, 0.1) is 0 Å². The fourth-order valence-electron chi connectivity index (χ4n) is 7.02. The molecule has 0 spiro atoms. The Kier molecular flexibility index (Phi) is 5.54. The summed E-state index contributed by atoms with van der Waals surface area (Å²) in [5.74, 6) is 0.609. The van der Waals surface area contributed by atoms with Crippen LogP contribution in [0.3, 0.4) is 0 Å². The number of aromatic nitrogens is 1. The average molecular weight is 603 g/mol. The highest BCUT2D eigenvalue weighted by atomic mass is 16.3. The lowest BCUT2D eigenvalue weighted by atomic mass is 9.99. The van der Waals surface area contributed by atoms with Crippen molar-refractivity contribution in [3.8, 4) is 22.6 Å². The van der Waals surface area contributed by atoms with E-state index in [2.05, 4.69) is 114 Å². The third-order valence-corrected chi connectivity index (χ3v) is 9.21. The molecule has 4 heteroatoms. The predicted octanol–water partition coefficient (Wildman–Crippen LogP) is 12.3. The van der Waals surface area contributed by atoms with Crippen LogP contribution >= 0.6 is 0 Å². The maximum absolute atomic E-state index is 6.55. The number of furan rings is 1. The molecule has 10 rings (SSSR count). The molecular formula is C43H26N2O2. The molecular weight excluding hydrogens is 576 g/mol. The van der Waals surface area contributed by atoms with Gasteiger partial charge in [0.2, 0.25) is 5.89 Å². The summed E-state index contributed by atoms with van der Waals surface area (Å²) < 4.78 is 13.1. The monoisotopic (exact) mass is 602 g/mol. The smallest absolute Gasteiger partial charge is 0.227 e. The van der Waals surface area contributed by atoms with Gasteiger partial charge in [-0.15, -0.1) is 0 Å². The summed E-state index contributed by atoms with van der Waals surface area (Å²) in [6.45, 7) is 0. The van der Waals surface area contributed by atoms with E-state index >= 15 is 0 Å². The minimum absolute atomic E-state index is 0.609. The zero-order valence-corrected chi connectivity index (χ0v) is 25.2. The van der Waals surface area contributed by atoms with Crippen LogP contribution in [0.25, 0.3) is 77.2 Å². The van der Waals surface area contributed by atoms with Crippen LogP contribution in [0.4, 0.5) is 17.1 Å². The van der Waals surface area contributed by atoms with Crippen molar-refractivity contribution in [3.05, 3.63) is 158 Å². The predicted molar refractivity (Wildman–Crippen MR) is 193 cm³/mol. The van der Waals surface area contributed by atoms with E-state index in [1.54, 1.807) is 0 Å². The Hall–Kier alpha value is -6.39. The highest BCUT2D eigenvalue weighted by Gasteiger charge is 2.24. The second kappa shape index (κ2) is 10.1. The highest BCUT2D eigenvalue weighted by molar-refractivity contribution is 6.32. The fourth-order valence-corrected chi connectivity index (χ4v) is 7.02. The summed E-state index contributed by atoms with van der Waals surface area (Å²) in [6, 6.07) is 55.0. The van der Waals surface area contributed by atoms with Crippen LogP contribution in [-0.2, 0) is 0 Å². The molecule has 0 atom stereocenters. The van der Waals surface area contributed by atoms with E-state index < -0.39 is 0 Å². The molecule has 0 radical (unpaired) electrons. The minimum atomic E-state index is 0.609. The summed E-state index contributed by atoms with van der Waals surface area (Å²) in [4.78, 5) is 7.38. The molecule has 0 aliphatic rings. The lowest BCUT2D eigenvalue weighted by Gasteiger charge is -2.26. The third kappa shape index (κ3) is 4.05. The van der Waals surface area contributed by atoms with Gasteiger partial charge in [0, 0.05) is 44.5 Å². The highest BCUT2D eigenvalue weighted by Crippen LogP contribution is 2.47. The van der Waals surface area contributed by atoms with Gasteiger partial charge in [0.25, 0.3) is 0 Å². The molecule has 0 aliphatic heterocycles. The fraction of sp³-hybridized carbons (Fsp3) is 0. The number of benzene rings is 8. The Labute approximate surface area is 270 Å². The Bertz CT molecular complexity index is 2720. The number of rotatable bonds is 5. The van der Waals surface area contributed by atoms with Crippen LogP contribution in [-0.4, -0.2) is 4.98 Å². The standard InChI is InChI=1S/C43H26N2O2/c1-3-11-29(12-4-1)43-44-41-36-25-34(26-38-40(36)39-35(42(41)47-43)16-9-17-37(39)46-38)45(32-14-5-2-6-15-32)33-22-20-28(21-23-33)31-19-18-27-10-7-8-13-30(27)24-31/h1-26H. The van der Waals surface area contributed by atoms with Crippen molar-refractivity contribution >= 4 is 71.6 Å². The Morgan fingerprint density at radius 1 is 0.426 bits per heavy atom. The van der Waals surface area contributed by atoms with E-state index in [0.717, 1.165) is 66.4 Å². The maximum Gasteiger partial charge on any atom is 0.227 e. The van der Waals surface area contributed by atoms with Crippen molar-refractivity contribution in [2.24, 2.45) is 0 Å². The van der Waals surface area contributed by atoms with Crippen LogP contribution in [0.5, 0.6) is 0 Å². The van der Waals surface area contributed by atoms with Gasteiger partial charge in [-0.2, -0.15) is 0 Å². The molecule has 2 heterocycles. The molecule has 0 aliphatic carbocycles. The number of para-hydroxylation sites is 1. The second-order valence-corrected chi connectivity index (χ2v) is 12.0. The molecule has 0 unspecified atom stereocenters. The van der Waals surface area contributed by atoms with Gasteiger partial charge >= 0.3 is 0 Å². The van der Waals surface area contributed by atoms with Crippen LogP contribution in [0.1, 0.15) is 0 Å². The number of nitrogens with zero attached hydrogens (tertiary/aromatic N) is 2. The summed E-state index contributed by atoms with van der Waals surface area (Å²) >= 11 is 0. The van der Waals surface area contributed by atoms with Gasteiger partial charge in [0.1, 0.15) is 16.7 Å². The second-order valence-electron chi connectivity index (χ2n) is 12.0. The van der Waals surface area contributed by atoms with Crippen molar-refractivity contribution in [1.29, 1.82) is 0 Å². The SMILES string of the molecule is c1ccc(-c2nc3c4cc(N(c5ccccc5)c5ccc(-c6ccc7ccccc7c6)cc5)cc5oc6cccc(c3o2)c6c54)cc1. The van der Waals surface area contributed by atoms with Crippen molar-refractivity contribution in [1.82, 2.24) is 4.98 Å².